The van der Waals surface area contributed by atoms with Crippen LogP contribution in [0.5, 0.6) is 0 Å². The van der Waals surface area contributed by atoms with Crippen LogP contribution in [0.25, 0.3) is 16.9 Å². The fourth-order valence-corrected chi connectivity index (χ4v) is 5.87. The van der Waals surface area contributed by atoms with E-state index in [0.29, 0.717) is 17.7 Å². The second kappa shape index (κ2) is 10.2. The van der Waals surface area contributed by atoms with Crippen molar-refractivity contribution < 1.29 is 17.2 Å². The van der Waals surface area contributed by atoms with Crippen LogP contribution in [0, 0.1) is 11.6 Å². The molecule has 3 heterocycles. The Morgan fingerprint density at radius 3 is 2.44 bits per heavy atom. The summed E-state index contributed by atoms with van der Waals surface area (Å²) in [6.07, 6.45) is 5.26. The Hall–Kier alpha value is -2.92. The van der Waals surface area contributed by atoms with Crippen LogP contribution in [-0.2, 0) is 15.6 Å². The highest BCUT2D eigenvalue weighted by Crippen LogP contribution is 2.27. The number of sulfone groups is 1. The van der Waals surface area contributed by atoms with Gasteiger partial charge >= 0.3 is 0 Å². The van der Waals surface area contributed by atoms with E-state index in [1.54, 1.807) is 19.3 Å². The maximum Gasteiger partial charge on any atom is 0.156 e. The van der Waals surface area contributed by atoms with Crippen LogP contribution in [0.4, 0.5) is 14.5 Å². The lowest BCUT2D eigenvalue weighted by Crippen LogP contribution is -2.53. The van der Waals surface area contributed by atoms with Gasteiger partial charge in [-0.25, -0.2) is 21.9 Å². The summed E-state index contributed by atoms with van der Waals surface area (Å²) in [4.78, 5) is 9.04. The van der Waals surface area contributed by atoms with Gasteiger partial charge in [-0.05, 0) is 39.3 Å². The van der Waals surface area contributed by atoms with E-state index >= 15 is 4.39 Å². The van der Waals surface area contributed by atoms with Crippen LogP contribution < -0.4 is 4.90 Å². The van der Waals surface area contributed by atoms with Gasteiger partial charge in [-0.3, -0.25) is 9.88 Å². The minimum atomic E-state index is -3.51. The van der Waals surface area contributed by atoms with Crippen LogP contribution in [-0.4, -0.2) is 70.8 Å². The molecule has 0 radical (unpaired) electrons. The summed E-state index contributed by atoms with van der Waals surface area (Å²) < 4.78 is 55.2. The fourth-order valence-electron chi connectivity index (χ4n) is 4.41. The monoisotopic (exact) mass is 518 g/mol. The summed E-state index contributed by atoms with van der Waals surface area (Å²) in [6, 6.07) is 4.15. The zero-order chi connectivity index (χ0) is 26.1. The second-order valence-corrected chi connectivity index (χ2v) is 12.3. The van der Waals surface area contributed by atoms with Crippen molar-refractivity contribution in [2.75, 3.05) is 36.8 Å². The first-order valence-electron chi connectivity index (χ1n) is 12.0. The summed E-state index contributed by atoms with van der Waals surface area (Å²) in [5, 5.41) is 8.03. The third-order valence-electron chi connectivity index (χ3n) is 6.37. The van der Waals surface area contributed by atoms with Crippen LogP contribution in [0.3, 0.4) is 0 Å². The number of hydrogen-bond acceptors (Lipinski definition) is 7. The van der Waals surface area contributed by atoms with Gasteiger partial charge in [0.05, 0.1) is 29.6 Å². The predicted molar refractivity (Wildman–Crippen MR) is 136 cm³/mol. The average molecular weight is 519 g/mol. The van der Waals surface area contributed by atoms with Gasteiger partial charge in [0.25, 0.3) is 0 Å². The molecule has 0 aliphatic carbocycles. The number of pyridine rings is 1. The molecule has 1 fully saturated rings. The first-order valence-corrected chi connectivity index (χ1v) is 13.9. The zero-order valence-electron chi connectivity index (χ0n) is 21.1. The van der Waals surface area contributed by atoms with E-state index in [9.17, 15) is 12.8 Å². The number of anilines is 1. The molecule has 194 valence electrons. The number of halogens is 2. The summed E-state index contributed by atoms with van der Waals surface area (Å²) in [6.45, 7) is 12.0. The van der Waals surface area contributed by atoms with E-state index in [0.717, 1.165) is 48.7 Å². The van der Waals surface area contributed by atoms with Crippen LogP contribution >= 0.6 is 0 Å². The lowest BCUT2D eigenvalue weighted by Gasteiger charge is -2.43. The third kappa shape index (κ3) is 5.73. The standard InChI is InChI=1S/C25H32F2N6O2S/c1-5-12-36(34,35)17-18-6-7-21(26)24(23(18)27)33-16-22(29-30-33)19-13-20(15-28-14-19)31-8-10-32(11-9-31)25(2,3)4/h6-7,13-16H,5,8-12,17H2,1-4H3. The van der Waals surface area contributed by atoms with Crippen molar-refractivity contribution in [2.24, 2.45) is 0 Å². The molecule has 11 heteroatoms. The van der Waals surface area contributed by atoms with E-state index in [-0.39, 0.29) is 16.9 Å². The van der Waals surface area contributed by atoms with Crippen LogP contribution in [0.2, 0.25) is 0 Å². The van der Waals surface area contributed by atoms with Gasteiger partial charge in [0.1, 0.15) is 11.4 Å². The molecule has 1 aliphatic heterocycles. The molecular formula is C25H32F2N6O2S. The van der Waals surface area contributed by atoms with Gasteiger partial charge < -0.3 is 4.90 Å². The van der Waals surface area contributed by atoms with Crippen molar-refractivity contribution in [3.63, 3.8) is 0 Å². The Morgan fingerprint density at radius 2 is 1.78 bits per heavy atom. The predicted octanol–water partition coefficient (Wildman–Crippen LogP) is 3.85. The first kappa shape index (κ1) is 26.2. The van der Waals surface area contributed by atoms with Gasteiger partial charge in [-0.2, -0.15) is 0 Å². The maximum atomic E-state index is 15.2. The minimum absolute atomic E-state index is 0.0682. The molecule has 0 atom stereocenters. The van der Waals surface area contributed by atoms with Gasteiger partial charge in [-0.15, -0.1) is 5.10 Å². The second-order valence-electron chi connectivity index (χ2n) is 10.1. The SMILES string of the molecule is CCCS(=O)(=O)Cc1ccc(F)c(-n2cc(-c3cncc(N4CCN(C(C)(C)C)CC4)c3)nn2)c1F. The lowest BCUT2D eigenvalue weighted by molar-refractivity contribution is 0.128. The zero-order valence-corrected chi connectivity index (χ0v) is 21.9. The Morgan fingerprint density at radius 1 is 1.06 bits per heavy atom. The summed E-state index contributed by atoms with van der Waals surface area (Å²) >= 11 is 0. The minimum Gasteiger partial charge on any atom is -0.368 e. The molecule has 2 aromatic heterocycles. The summed E-state index contributed by atoms with van der Waals surface area (Å²) in [5.41, 5.74) is 1.57. The molecule has 1 aliphatic rings. The van der Waals surface area contributed by atoms with E-state index in [1.807, 2.05) is 6.07 Å². The van der Waals surface area contributed by atoms with Crippen molar-refractivity contribution in [3.05, 3.63) is 54.0 Å². The molecule has 0 unspecified atom stereocenters. The molecule has 0 spiro atoms. The van der Waals surface area contributed by atoms with Crippen molar-refractivity contribution in [3.8, 4) is 16.9 Å². The van der Waals surface area contributed by atoms with Crippen molar-refractivity contribution in [1.82, 2.24) is 24.9 Å². The highest BCUT2D eigenvalue weighted by molar-refractivity contribution is 7.90. The Labute approximate surface area is 210 Å². The maximum absolute atomic E-state index is 15.2. The Kier molecular flexibility index (Phi) is 7.42. The number of benzene rings is 1. The van der Waals surface area contributed by atoms with Gasteiger partial charge in [0, 0.05) is 49.0 Å². The fraction of sp³-hybridized carbons (Fsp3) is 0.480. The molecule has 0 N–H and O–H groups in total. The lowest BCUT2D eigenvalue weighted by atomic mass is 10.0. The number of hydrogen-bond donors (Lipinski definition) is 0. The number of piperazine rings is 1. The molecule has 1 aromatic carbocycles. The molecule has 0 saturated carbocycles. The summed E-state index contributed by atoms with van der Waals surface area (Å²) in [7, 11) is -3.51. The molecule has 36 heavy (non-hydrogen) atoms. The molecule has 0 bridgehead atoms. The van der Waals surface area contributed by atoms with Gasteiger partial charge in [-0.1, -0.05) is 18.2 Å². The van der Waals surface area contributed by atoms with E-state index in [4.69, 9.17) is 0 Å². The van der Waals surface area contributed by atoms with E-state index < -0.39 is 32.9 Å². The molecule has 1 saturated heterocycles. The quantitative estimate of drug-likeness (QED) is 0.470. The Balaban J connectivity index is 1.58. The molecular weight excluding hydrogens is 486 g/mol. The van der Waals surface area contributed by atoms with Crippen LogP contribution in [0.1, 0.15) is 39.7 Å². The Bertz CT molecular complexity index is 1330. The molecule has 0 amide bonds. The van der Waals surface area contributed by atoms with Gasteiger partial charge in [0.15, 0.2) is 21.5 Å². The normalized spacial score (nSPS) is 15.4. The van der Waals surface area contributed by atoms with Gasteiger partial charge in [0.2, 0.25) is 0 Å². The molecule has 4 rings (SSSR count). The molecule has 8 nitrogen and oxygen atoms in total. The third-order valence-corrected chi connectivity index (χ3v) is 8.15. The summed E-state index contributed by atoms with van der Waals surface area (Å²) in [5.74, 6) is -2.39. The van der Waals surface area contributed by atoms with Crippen molar-refractivity contribution in [2.45, 2.75) is 45.4 Å². The number of aromatic nitrogens is 4. The van der Waals surface area contributed by atoms with Crippen molar-refractivity contribution in [1.29, 1.82) is 0 Å². The largest absolute Gasteiger partial charge is 0.368 e. The topological polar surface area (TPSA) is 84.2 Å². The van der Waals surface area contributed by atoms with Crippen molar-refractivity contribution >= 4 is 15.5 Å². The van der Waals surface area contributed by atoms with E-state index in [1.165, 1.54) is 6.20 Å². The smallest absolute Gasteiger partial charge is 0.156 e. The number of rotatable bonds is 7. The average Bonchev–Trinajstić information content (AvgIpc) is 3.30. The van der Waals surface area contributed by atoms with Crippen LogP contribution in [0.15, 0.2) is 36.8 Å². The number of nitrogens with zero attached hydrogens (tertiary/aromatic N) is 6. The first-order chi connectivity index (χ1) is 17.0. The molecule has 3 aromatic rings. The highest BCUT2D eigenvalue weighted by atomic mass is 32.2. The highest BCUT2D eigenvalue weighted by Gasteiger charge is 2.26. The van der Waals surface area contributed by atoms with E-state index in [2.05, 4.69) is 45.9 Å².